The maximum Gasteiger partial charge on any atom is 0.411 e. The number of amides is 1. The van der Waals surface area contributed by atoms with Crippen LogP contribution in [0.5, 0.6) is 0 Å². The van der Waals surface area contributed by atoms with E-state index in [0.29, 0.717) is 6.54 Å². The number of carbonyl (C=O) groups is 1. The minimum atomic E-state index is -0.371. The van der Waals surface area contributed by atoms with Gasteiger partial charge in [-0.1, -0.05) is 35.9 Å². The Morgan fingerprint density at radius 1 is 1.67 bits per heavy atom. The summed E-state index contributed by atoms with van der Waals surface area (Å²) in [6, 6.07) is 0. The van der Waals surface area contributed by atoms with Crippen molar-refractivity contribution < 1.29 is 9.53 Å². The number of nitrogens with one attached hydrogen (secondary N) is 1. The average molecular weight is 283 g/mol. The molecule has 4 heteroatoms. The molecule has 0 aliphatic rings. The molecule has 0 radical (unpaired) electrons. The number of allylic oxidation sites excluding steroid dienone is 1. The SMILES string of the molecule is CCCCNC(=O)O/C=C/CI. The normalized spacial score (nSPS) is 10.2. The fourth-order valence-corrected chi connectivity index (χ4v) is 0.763. The Bertz CT molecular complexity index is 148. The van der Waals surface area contributed by atoms with Crippen LogP contribution in [0.1, 0.15) is 19.8 Å². The number of rotatable bonds is 5. The molecule has 0 aromatic carbocycles. The highest BCUT2D eigenvalue weighted by atomic mass is 127. The van der Waals surface area contributed by atoms with Gasteiger partial charge in [-0.15, -0.1) is 0 Å². The Morgan fingerprint density at radius 3 is 3.00 bits per heavy atom. The van der Waals surface area contributed by atoms with Gasteiger partial charge in [-0.25, -0.2) is 4.79 Å². The lowest BCUT2D eigenvalue weighted by Gasteiger charge is -2.00. The van der Waals surface area contributed by atoms with Gasteiger partial charge in [0.05, 0.1) is 6.26 Å². The molecule has 0 aromatic rings. The van der Waals surface area contributed by atoms with E-state index in [1.54, 1.807) is 6.08 Å². The van der Waals surface area contributed by atoms with E-state index in [9.17, 15) is 4.79 Å². The van der Waals surface area contributed by atoms with Crippen LogP contribution in [0.4, 0.5) is 4.79 Å². The molecule has 0 aliphatic heterocycles. The van der Waals surface area contributed by atoms with Crippen LogP contribution in [0.15, 0.2) is 12.3 Å². The zero-order valence-electron chi connectivity index (χ0n) is 7.18. The van der Waals surface area contributed by atoms with Gasteiger partial charge >= 0.3 is 6.09 Å². The van der Waals surface area contributed by atoms with Gasteiger partial charge in [-0.2, -0.15) is 0 Å². The molecule has 0 bridgehead atoms. The number of halogens is 1. The van der Waals surface area contributed by atoms with E-state index >= 15 is 0 Å². The Kier molecular flexibility index (Phi) is 8.64. The van der Waals surface area contributed by atoms with Crippen LogP contribution in [-0.2, 0) is 4.74 Å². The van der Waals surface area contributed by atoms with Crippen LogP contribution < -0.4 is 5.32 Å². The highest BCUT2D eigenvalue weighted by molar-refractivity contribution is 14.1. The lowest BCUT2D eigenvalue weighted by atomic mass is 10.3. The van der Waals surface area contributed by atoms with Gasteiger partial charge in [-0.05, 0) is 12.5 Å². The summed E-state index contributed by atoms with van der Waals surface area (Å²) in [5, 5.41) is 2.63. The zero-order valence-corrected chi connectivity index (χ0v) is 9.34. The highest BCUT2D eigenvalue weighted by Crippen LogP contribution is 1.87. The van der Waals surface area contributed by atoms with Gasteiger partial charge in [0.25, 0.3) is 0 Å². The molecule has 0 saturated heterocycles. The van der Waals surface area contributed by atoms with Crippen molar-refractivity contribution in [1.29, 1.82) is 0 Å². The lowest BCUT2D eigenvalue weighted by Crippen LogP contribution is -2.23. The quantitative estimate of drug-likeness (QED) is 0.364. The van der Waals surface area contributed by atoms with Crippen molar-refractivity contribution in [1.82, 2.24) is 5.32 Å². The van der Waals surface area contributed by atoms with Gasteiger partial charge < -0.3 is 10.1 Å². The molecule has 0 spiro atoms. The maximum atomic E-state index is 10.8. The molecule has 0 saturated carbocycles. The van der Waals surface area contributed by atoms with E-state index in [0.717, 1.165) is 17.3 Å². The first-order chi connectivity index (χ1) is 5.81. The summed E-state index contributed by atoms with van der Waals surface area (Å²) in [4.78, 5) is 10.8. The topological polar surface area (TPSA) is 38.3 Å². The standard InChI is InChI=1S/C8H14INO2/c1-2-3-6-10-8(11)12-7-4-5-9/h4,7H,2-3,5-6H2,1H3,(H,10,11)/b7-4+. The van der Waals surface area contributed by atoms with Crippen LogP contribution in [0.2, 0.25) is 0 Å². The second-order valence-corrected chi connectivity index (χ2v) is 3.09. The first-order valence-corrected chi connectivity index (χ1v) is 5.49. The van der Waals surface area contributed by atoms with E-state index in [1.165, 1.54) is 6.26 Å². The van der Waals surface area contributed by atoms with Crippen molar-refractivity contribution in [3.8, 4) is 0 Å². The molecule has 0 heterocycles. The van der Waals surface area contributed by atoms with Crippen molar-refractivity contribution >= 4 is 28.7 Å². The number of hydrogen-bond acceptors (Lipinski definition) is 2. The van der Waals surface area contributed by atoms with Gasteiger partial charge in [0.15, 0.2) is 0 Å². The number of ether oxygens (including phenoxy) is 1. The lowest BCUT2D eigenvalue weighted by molar-refractivity contribution is 0.185. The summed E-state index contributed by atoms with van der Waals surface area (Å²) in [6.45, 7) is 2.76. The van der Waals surface area contributed by atoms with E-state index in [2.05, 4.69) is 34.8 Å². The summed E-state index contributed by atoms with van der Waals surface area (Å²) in [6.07, 6.45) is 4.88. The Morgan fingerprint density at radius 2 is 2.42 bits per heavy atom. The second-order valence-electron chi connectivity index (χ2n) is 2.21. The molecule has 1 amide bonds. The molecule has 1 N–H and O–H groups in total. The number of hydrogen-bond donors (Lipinski definition) is 1. The Hall–Kier alpha value is -0.260. The number of alkyl carbamates (subject to hydrolysis) is 1. The predicted molar refractivity (Wildman–Crippen MR) is 57.4 cm³/mol. The summed E-state index contributed by atoms with van der Waals surface area (Å²) >= 11 is 2.17. The van der Waals surface area contributed by atoms with E-state index in [1.807, 2.05) is 0 Å². The van der Waals surface area contributed by atoms with Crippen LogP contribution in [0, 0.1) is 0 Å². The van der Waals surface area contributed by atoms with Gasteiger partial charge in [0.1, 0.15) is 0 Å². The number of alkyl halides is 1. The molecule has 3 nitrogen and oxygen atoms in total. The van der Waals surface area contributed by atoms with Gasteiger partial charge in [-0.3, -0.25) is 0 Å². The summed E-state index contributed by atoms with van der Waals surface area (Å²) in [5.74, 6) is 0. The third-order valence-corrected chi connectivity index (χ3v) is 1.67. The molecule has 0 fully saturated rings. The fraction of sp³-hybridized carbons (Fsp3) is 0.625. The minimum Gasteiger partial charge on any atom is -0.419 e. The van der Waals surface area contributed by atoms with E-state index in [4.69, 9.17) is 4.74 Å². The molecule has 0 aliphatic carbocycles. The highest BCUT2D eigenvalue weighted by Gasteiger charge is 1.95. The van der Waals surface area contributed by atoms with Gasteiger partial charge in [0, 0.05) is 11.0 Å². The smallest absolute Gasteiger partial charge is 0.411 e. The molecule has 0 atom stereocenters. The monoisotopic (exact) mass is 283 g/mol. The molecule has 0 aromatic heterocycles. The van der Waals surface area contributed by atoms with Crippen molar-refractivity contribution in [3.05, 3.63) is 12.3 Å². The van der Waals surface area contributed by atoms with E-state index in [-0.39, 0.29) is 6.09 Å². The third kappa shape index (κ3) is 7.84. The van der Waals surface area contributed by atoms with Crippen molar-refractivity contribution in [2.75, 3.05) is 11.0 Å². The average Bonchev–Trinajstić information content (AvgIpc) is 2.06. The second kappa shape index (κ2) is 8.83. The van der Waals surface area contributed by atoms with Crippen LogP contribution in [-0.4, -0.2) is 17.1 Å². The van der Waals surface area contributed by atoms with E-state index < -0.39 is 0 Å². The third-order valence-electron chi connectivity index (χ3n) is 1.16. The summed E-state index contributed by atoms with van der Waals surface area (Å²) in [5.41, 5.74) is 0. The maximum absolute atomic E-state index is 10.8. The first-order valence-electron chi connectivity index (χ1n) is 3.96. The molecule has 12 heavy (non-hydrogen) atoms. The largest absolute Gasteiger partial charge is 0.419 e. The molecular weight excluding hydrogens is 269 g/mol. The Balaban J connectivity index is 3.27. The first kappa shape index (κ1) is 11.7. The molecular formula is C8H14INO2. The number of carbonyl (C=O) groups excluding carboxylic acids is 1. The van der Waals surface area contributed by atoms with Crippen LogP contribution >= 0.6 is 22.6 Å². The van der Waals surface area contributed by atoms with Crippen LogP contribution in [0.25, 0.3) is 0 Å². The zero-order chi connectivity index (χ0) is 9.23. The number of unbranched alkanes of at least 4 members (excludes halogenated alkanes) is 1. The molecule has 70 valence electrons. The molecule has 0 rings (SSSR count). The minimum absolute atomic E-state index is 0.371. The fourth-order valence-electron chi connectivity index (χ4n) is 0.555. The van der Waals surface area contributed by atoms with Crippen molar-refractivity contribution in [2.24, 2.45) is 0 Å². The van der Waals surface area contributed by atoms with Crippen LogP contribution in [0.3, 0.4) is 0 Å². The Labute approximate surface area is 86.7 Å². The predicted octanol–water partition coefficient (Wildman–Crippen LogP) is 2.46. The molecule has 0 unspecified atom stereocenters. The summed E-state index contributed by atoms with van der Waals surface area (Å²) in [7, 11) is 0. The summed E-state index contributed by atoms with van der Waals surface area (Å²) < 4.78 is 5.54. The van der Waals surface area contributed by atoms with Crippen molar-refractivity contribution in [2.45, 2.75) is 19.8 Å². The van der Waals surface area contributed by atoms with Gasteiger partial charge in [0.2, 0.25) is 0 Å². The van der Waals surface area contributed by atoms with Crippen molar-refractivity contribution in [3.63, 3.8) is 0 Å².